The van der Waals surface area contributed by atoms with E-state index in [0.717, 1.165) is 0 Å². The molecule has 88 valence electrons. The maximum absolute atomic E-state index is 11.5. The molecule has 0 aromatic heterocycles. The highest BCUT2D eigenvalue weighted by Crippen LogP contribution is 2.20. The lowest BCUT2D eigenvalue weighted by molar-refractivity contribution is -0.136. The molecule has 1 heterocycles. The second-order valence-corrected chi connectivity index (χ2v) is 4.08. The number of nitrogens with one attached hydrogen (secondary N) is 1. The van der Waals surface area contributed by atoms with Gasteiger partial charge in [0.05, 0.1) is 5.88 Å². The van der Waals surface area contributed by atoms with Gasteiger partial charge in [0, 0.05) is 25.8 Å². The Morgan fingerprint density at radius 3 is 2.80 bits per heavy atom. The third-order valence-electron chi connectivity index (χ3n) is 2.03. The van der Waals surface area contributed by atoms with E-state index in [1.54, 1.807) is 16.7 Å². The summed E-state index contributed by atoms with van der Waals surface area (Å²) < 4.78 is 0. The number of amides is 2. The highest BCUT2D eigenvalue weighted by molar-refractivity contribution is 7.99. The number of carbonyl (C=O) groups excluding carboxylic acids is 2. The normalized spacial score (nSPS) is 19.6. The molecule has 1 aliphatic heterocycles. The Morgan fingerprint density at radius 2 is 2.27 bits per heavy atom. The number of nitrogens with zero attached hydrogens (tertiary/aromatic N) is 1. The van der Waals surface area contributed by atoms with E-state index >= 15 is 0 Å². The molecule has 0 aromatic rings. The number of rotatable bonds is 3. The summed E-state index contributed by atoms with van der Waals surface area (Å²) in [7, 11) is 0. The fourth-order valence-electron chi connectivity index (χ4n) is 1.28. The molecular weight excluding hydrogens is 238 g/mol. The summed E-state index contributed by atoms with van der Waals surface area (Å²) in [6.45, 7) is 2.37. The van der Waals surface area contributed by atoms with Crippen molar-refractivity contribution < 1.29 is 9.59 Å². The van der Waals surface area contributed by atoms with Crippen LogP contribution in [-0.2, 0) is 9.59 Å². The van der Waals surface area contributed by atoms with E-state index < -0.39 is 0 Å². The van der Waals surface area contributed by atoms with E-state index in [-0.39, 0.29) is 30.3 Å². The maximum Gasteiger partial charge on any atom is 0.243 e. The van der Waals surface area contributed by atoms with Gasteiger partial charge < -0.3 is 16.0 Å². The van der Waals surface area contributed by atoms with Crippen molar-refractivity contribution in [3.63, 3.8) is 0 Å². The van der Waals surface area contributed by atoms with Crippen LogP contribution < -0.4 is 11.1 Å². The lowest BCUT2D eigenvalue weighted by atomic mass is 10.2. The van der Waals surface area contributed by atoms with Crippen molar-refractivity contribution in [3.05, 3.63) is 0 Å². The molecule has 0 spiro atoms. The minimum absolute atomic E-state index is 0. The summed E-state index contributed by atoms with van der Waals surface area (Å²) in [5.74, 6) is 1.13. The molecule has 5 nitrogen and oxygen atoms in total. The van der Waals surface area contributed by atoms with Gasteiger partial charge in [-0.1, -0.05) is 0 Å². The molecule has 1 aliphatic rings. The molecule has 3 N–H and O–H groups in total. The van der Waals surface area contributed by atoms with Gasteiger partial charge in [0.1, 0.15) is 6.04 Å². The first-order valence-corrected chi connectivity index (χ1v) is 5.65. The minimum atomic E-state index is -0.316. The summed E-state index contributed by atoms with van der Waals surface area (Å²) in [6.07, 6.45) is 0. The van der Waals surface area contributed by atoms with Crippen LogP contribution in [0.4, 0.5) is 0 Å². The maximum atomic E-state index is 11.5. The fraction of sp³-hybridized carbons (Fsp3) is 0.750. The van der Waals surface area contributed by atoms with Crippen LogP contribution in [0.1, 0.15) is 6.92 Å². The fourth-order valence-corrected chi connectivity index (χ4v) is 2.50. The van der Waals surface area contributed by atoms with Crippen LogP contribution in [-0.4, -0.2) is 47.5 Å². The molecule has 15 heavy (non-hydrogen) atoms. The molecular formula is C8H16ClN3O2S. The average molecular weight is 254 g/mol. The van der Waals surface area contributed by atoms with Crippen molar-refractivity contribution in [2.75, 3.05) is 24.7 Å². The summed E-state index contributed by atoms with van der Waals surface area (Å²) in [5, 5.41) is 2.69. The lowest BCUT2D eigenvalue weighted by Gasteiger charge is -2.21. The largest absolute Gasteiger partial charge is 0.353 e. The number of nitrogens with two attached hydrogens (primary N) is 1. The summed E-state index contributed by atoms with van der Waals surface area (Å²) in [6, 6.07) is -0.316. The van der Waals surface area contributed by atoms with Gasteiger partial charge in [-0.05, 0) is 0 Å². The first-order chi connectivity index (χ1) is 6.66. The van der Waals surface area contributed by atoms with Gasteiger partial charge in [-0.2, -0.15) is 0 Å². The Balaban J connectivity index is 0.00000196. The highest BCUT2D eigenvalue weighted by atomic mass is 35.5. The van der Waals surface area contributed by atoms with Crippen molar-refractivity contribution in [1.29, 1.82) is 0 Å². The van der Waals surface area contributed by atoms with Crippen LogP contribution >= 0.6 is 24.2 Å². The Bertz CT molecular complexity index is 240. The summed E-state index contributed by atoms with van der Waals surface area (Å²) in [4.78, 5) is 24.3. The number of thioether (sulfide) groups is 1. The van der Waals surface area contributed by atoms with Crippen molar-refractivity contribution in [1.82, 2.24) is 10.2 Å². The Morgan fingerprint density at radius 1 is 1.60 bits per heavy atom. The molecule has 0 saturated carbocycles. The van der Waals surface area contributed by atoms with Crippen molar-refractivity contribution >= 4 is 36.0 Å². The second kappa shape index (κ2) is 6.92. The van der Waals surface area contributed by atoms with E-state index in [9.17, 15) is 9.59 Å². The van der Waals surface area contributed by atoms with Crippen molar-refractivity contribution in [2.45, 2.75) is 13.0 Å². The molecule has 0 bridgehead atoms. The predicted molar refractivity (Wildman–Crippen MR) is 62.9 cm³/mol. The molecule has 1 unspecified atom stereocenters. The molecule has 0 aromatic carbocycles. The SMILES string of the molecule is CC(=O)N1CSCC1C(=O)NCCN.Cl. The van der Waals surface area contributed by atoms with Crippen molar-refractivity contribution in [2.24, 2.45) is 5.73 Å². The molecule has 1 rings (SSSR count). The molecule has 2 amide bonds. The van der Waals surface area contributed by atoms with Gasteiger partial charge in [0.15, 0.2) is 0 Å². The zero-order chi connectivity index (χ0) is 10.6. The minimum Gasteiger partial charge on any atom is -0.353 e. The van der Waals surface area contributed by atoms with E-state index in [2.05, 4.69) is 5.32 Å². The molecule has 1 fully saturated rings. The van der Waals surface area contributed by atoms with Crippen molar-refractivity contribution in [3.8, 4) is 0 Å². The van der Waals surface area contributed by atoms with E-state index in [1.807, 2.05) is 0 Å². The van der Waals surface area contributed by atoms with Crippen LogP contribution in [0.3, 0.4) is 0 Å². The zero-order valence-electron chi connectivity index (χ0n) is 8.56. The molecule has 1 saturated heterocycles. The smallest absolute Gasteiger partial charge is 0.243 e. The van der Waals surface area contributed by atoms with Gasteiger partial charge in [-0.25, -0.2) is 0 Å². The van der Waals surface area contributed by atoms with Crippen LogP contribution in [0, 0.1) is 0 Å². The third kappa shape index (κ3) is 3.89. The van der Waals surface area contributed by atoms with E-state index in [1.165, 1.54) is 6.92 Å². The van der Waals surface area contributed by atoms with Gasteiger partial charge in [0.2, 0.25) is 11.8 Å². The lowest BCUT2D eigenvalue weighted by Crippen LogP contribution is -2.47. The van der Waals surface area contributed by atoms with E-state index in [0.29, 0.717) is 24.7 Å². The number of carbonyl (C=O) groups is 2. The Hall–Kier alpha value is -0.460. The number of halogens is 1. The third-order valence-corrected chi connectivity index (χ3v) is 3.05. The van der Waals surface area contributed by atoms with Crippen LogP contribution in [0.15, 0.2) is 0 Å². The van der Waals surface area contributed by atoms with Gasteiger partial charge >= 0.3 is 0 Å². The van der Waals surface area contributed by atoms with Gasteiger partial charge in [-0.15, -0.1) is 24.2 Å². The number of hydrogen-bond donors (Lipinski definition) is 2. The monoisotopic (exact) mass is 253 g/mol. The van der Waals surface area contributed by atoms with Gasteiger partial charge in [0.25, 0.3) is 0 Å². The zero-order valence-corrected chi connectivity index (χ0v) is 10.2. The topological polar surface area (TPSA) is 75.4 Å². The number of hydrogen-bond acceptors (Lipinski definition) is 4. The first-order valence-electron chi connectivity index (χ1n) is 4.49. The summed E-state index contributed by atoms with van der Waals surface area (Å²) >= 11 is 1.59. The highest BCUT2D eigenvalue weighted by Gasteiger charge is 2.32. The van der Waals surface area contributed by atoms with Crippen LogP contribution in [0.5, 0.6) is 0 Å². The van der Waals surface area contributed by atoms with Gasteiger partial charge in [-0.3, -0.25) is 9.59 Å². The first kappa shape index (κ1) is 14.5. The predicted octanol–water partition coefficient (Wildman–Crippen LogP) is -0.595. The molecule has 0 radical (unpaired) electrons. The Kier molecular flexibility index (Phi) is 6.71. The molecule has 1 atom stereocenters. The average Bonchev–Trinajstić information content (AvgIpc) is 2.62. The molecule has 7 heteroatoms. The second-order valence-electron chi connectivity index (χ2n) is 3.08. The van der Waals surface area contributed by atoms with Crippen LogP contribution in [0.25, 0.3) is 0 Å². The molecule has 0 aliphatic carbocycles. The quantitative estimate of drug-likeness (QED) is 0.705. The van der Waals surface area contributed by atoms with E-state index in [4.69, 9.17) is 5.73 Å². The summed E-state index contributed by atoms with van der Waals surface area (Å²) in [5.41, 5.74) is 5.27. The standard InChI is InChI=1S/C8H15N3O2S.ClH/c1-6(12)11-5-14-4-7(11)8(13)10-3-2-9;/h7H,2-5,9H2,1H3,(H,10,13);1H. The van der Waals surface area contributed by atoms with Crippen LogP contribution in [0.2, 0.25) is 0 Å². The Labute approximate surface area is 99.5 Å².